The van der Waals surface area contributed by atoms with E-state index in [1.54, 1.807) is 30.3 Å². The predicted molar refractivity (Wildman–Crippen MR) is 147 cm³/mol. The molecule has 0 aromatic heterocycles. The van der Waals surface area contributed by atoms with Crippen LogP contribution in [-0.2, 0) is 30.8 Å². The Hall–Kier alpha value is -3.08. The van der Waals surface area contributed by atoms with Crippen LogP contribution in [0.5, 0.6) is 0 Å². The highest BCUT2D eigenvalue weighted by atomic mass is 32.2. The molecule has 2 saturated heterocycles. The fourth-order valence-electron chi connectivity index (χ4n) is 5.22. The van der Waals surface area contributed by atoms with Crippen LogP contribution in [0.2, 0.25) is 0 Å². The fraction of sp³-hybridized carbons (Fsp3) is 0.367. The van der Waals surface area contributed by atoms with Crippen molar-refractivity contribution < 1.29 is 27.8 Å². The molecule has 3 aromatic rings. The third-order valence-electron chi connectivity index (χ3n) is 7.25. The molecule has 0 aliphatic carbocycles. The Kier molecular flexibility index (Phi) is 8.74. The Morgan fingerprint density at radius 1 is 0.897 bits per heavy atom. The van der Waals surface area contributed by atoms with Crippen LogP contribution in [0.15, 0.2) is 89.8 Å². The third kappa shape index (κ3) is 6.74. The van der Waals surface area contributed by atoms with E-state index in [0.29, 0.717) is 19.4 Å². The molecule has 39 heavy (non-hydrogen) atoms. The molecule has 206 valence electrons. The normalized spacial score (nSPS) is 24.2. The van der Waals surface area contributed by atoms with Crippen molar-refractivity contribution in [2.45, 2.75) is 55.1 Å². The highest BCUT2D eigenvalue weighted by Gasteiger charge is 2.43. The summed E-state index contributed by atoms with van der Waals surface area (Å²) in [5, 5.41) is 13.3. The zero-order chi connectivity index (χ0) is 27.2. The summed E-state index contributed by atoms with van der Waals surface area (Å²) in [4.78, 5) is 12.9. The summed E-state index contributed by atoms with van der Waals surface area (Å²) in [6.07, 6.45) is -0.605. The standard InChI is InChI=1S/C30H34N2O6S/c33-25-19-32(39(35,36)27-9-5-2-6-10-27)28-16-15-26(38-29(28)21-37-20-25)17-30(34)31-18-22-11-13-24(14-12-22)23-7-3-1-4-8-23/h1-14,25-26,28-29,33H,15-21H2,(H,31,34)/t25-,26-,28+,29-/m0/s1. The van der Waals surface area contributed by atoms with E-state index in [2.05, 4.69) is 17.4 Å². The van der Waals surface area contributed by atoms with Gasteiger partial charge in [-0.1, -0.05) is 72.8 Å². The lowest BCUT2D eigenvalue weighted by molar-refractivity contribution is -0.146. The van der Waals surface area contributed by atoms with Crippen LogP contribution >= 0.6 is 0 Å². The van der Waals surface area contributed by atoms with Gasteiger partial charge >= 0.3 is 0 Å². The number of carbonyl (C=O) groups is 1. The highest BCUT2D eigenvalue weighted by molar-refractivity contribution is 7.89. The number of nitrogens with one attached hydrogen (secondary N) is 1. The summed E-state index contributed by atoms with van der Waals surface area (Å²) in [5.74, 6) is -0.124. The van der Waals surface area contributed by atoms with Gasteiger partial charge in [0.15, 0.2) is 0 Å². The molecule has 2 aliphatic heterocycles. The average Bonchev–Trinajstić information content (AvgIpc) is 2.95. The molecule has 0 bridgehead atoms. The number of hydrogen-bond donors (Lipinski definition) is 2. The van der Waals surface area contributed by atoms with Crippen LogP contribution in [0.1, 0.15) is 24.8 Å². The van der Waals surface area contributed by atoms with Gasteiger partial charge in [-0.15, -0.1) is 0 Å². The molecule has 2 N–H and O–H groups in total. The number of hydrogen-bond acceptors (Lipinski definition) is 6. The second kappa shape index (κ2) is 12.4. The molecule has 9 heteroatoms. The number of aliphatic hydroxyl groups is 1. The van der Waals surface area contributed by atoms with Crippen molar-refractivity contribution in [3.8, 4) is 11.1 Å². The van der Waals surface area contributed by atoms with E-state index in [1.807, 2.05) is 42.5 Å². The van der Waals surface area contributed by atoms with Crippen LogP contribution in [0.3, 0.4) is 0 Å². The number of nitrogens with zero attached hydrogens (tertiary/aromatic N) is 1. The summed E-state index contributed by atoms with van der Waals surface area (Å²) in [6.45, 7) is 0.503. The number of amides is 1. The molecular formula is C30H34N2O6S. The van der Waals surface area contributed by atoms with E-state index in [0.717, 1.165) is 16.7 Å². The predicted octanol–water partition coefficient (Wildman–Crippen LogP) is 3.36. The molecule has 0 spiro atoms. The minimum Gasteiger partial charge on any atom is -0.389 e. The summed E-state index contributed by atoms with van der Waals surface area (Å²) in [5.41, 5.74) is 3.26. The van der Waals surface area contributed by atoms with Gasteiger partial charge in [0, 0.05) is 13.1 Å². The van der Waals surface area contributed by atoms with Crippen molar-refractivity contribution in [2.75, 3.05) is 19.8 Å². The summed E-state index contributed by atoms with van der Waals surface area (Å²) in [6, 6.07) is 25.9. The number of carbonyl (C=O) groups excluding carboxylic acids is 1. The molecule has 2 aliphatic rings. The zero-order valence-corrected chi connectivity index (χ0v) is 22.5. The van der Waals surface area contributed by atoms with Crippen molar-refractivity contribution in [3.63, 3.8) is 0 Å². The van der Waals surface area contributed by atoms with Gasteiger partial charge in [-0.25, -0.2) is 8.42 Å². The van der Waals surface area contributed by atoms with Gasteiger partial charge in [-0.3, -0.25) is 4.79 Å². The first-order valence-electron chi connectivity index (χ1n) is 13.3. The maximum atomic E-state index is 13.5. The molecule has 2 fully saturated rings. The largest absolute Gasteiger partial charge is 0.389 e. The van der Waals surface area contributed by atoms with Crippen molar-refractivity contribution in [3.05, 3.63) is 90.5 Å². The minimum absolute atomic E-state index is 0.0155. The van der Waals surface area contributed by atoms with Crippen molar-refractivity contribution in [2.24, 2.45) is 0 Å². The number of aliphatic hydroxyl groups excluding tert-OH is 1. The maximum Gasteiger partial charge on any atom is 0.243 e. The first-order valence-corrected chi connectivity index (χ1v) is 14.7. The molecule has 1 amide bonds. The van der Waals surface area contributed by atoms with Gasteiger partial charge in [-0.05, 0) is 41.7 Å². The molecule has 2 heterocycles. The minimum atomic E-state index is -3.85. The lowest BCUT2D eigenvalue weighted by Gasteiger charge is -2.43. The summed E-state index contributed by atoms with van der Waals surface area (Å²) >= 11 is 0. The van der Waals surface area contributed by atoms with Crippen molar-refractivity contribution >= 4 is 15.9 Å². The lowest BCUT2D eigenvalue weighted by atomic mass is 9.96. The fourth-order valence-corrected chi connectivity index (χ4v) is 6.96. The van der Waals surface area contributed by atoms with Crippen LogP contribution in [-0.4, -0.2) is 67.8 Å². The van der Waals surface area contributed by atoms with E-state index in [4.69, 9.17) is 9.47 Å². The number of sulfonamides is 1. The SMILES string of the molecule is O=C(C[C@@H]1CC[C@@H]2[C@H](COC[C@@H](O)CN2S(=O)(=O)c2ccccc2)O1)NCc1ccc(-c2ccccc2)cc1. The van der Waals surface area contributed by atoms with Gasteiger partial charge in [0.2, 0.25) is 15.9 Å². The summed E-state index contributed by atoms with van der Waals surface area (Å²) < 4.78 is 40.2. The molecule has 0 radical (unpaired) electrons. The Morgan fingerprint density at radius 3 is 2.28 bits per heavy atom. The lowest BCUT2D eigenvalue weighted by Crippen LogP contribution is -2.57. The highest BCUT2D eigenvalue weighted by Crippen LogP contribution is 2.31. The number of ether oxygens (including phenoxy) is 2. The van der Waals surface area contributed by atoms with E-state index >= 15 is 0 Å². The molecule has 0 unspecified atom stereocenters. The van der Waals surface area contributed by atoms with Crippen LogP contribution in [0, 0.1) is 0 Å². The van der Waals surface area contributed by atoms with Crippen molar-refractivity contribution in [1.82, 2.24) is 9.62 Å². The topological polar surface area (TPSA) is 105 Å². The maximum absolute atomic E-state index is 13.5. The van der Waals surface area contributed by atoms with Gasteiger partial charge in [0.1, 0.15) is 0 Å². The van der Waals surface area contributed by atoms with Crippen LogP contribution < -0.4 is 5.32 Å². The molecule has 0 saturated carbocycles. The Bertz CT molecular complexity index is 1330. The van der Waals surface area contributed by atoms with Gasteiger partial charge in [-0.2, -0.15) is 4.31 Å². The molecule has 4 atom stereocenters. The van der Waals surface area contributed by atoms with Gasteiger partial charge in [0.05, 0.1) is 48.9 Å². The Labute approximate surface area is 229 Å². The van der Waals surface area contributed by atoms with Crippen LogP contribution in [0.25, 0.3) is 11.1 Å². The average molecular weight is 551 g/mol. The van der Waals surface area contributed by atoms with Crippen molar-refractivity contribution in [1.29, 1.82) is 0 Å². The summed E-state index contributed by atoms with van der Waals surface area (Å²) in [7, 11) is -3.85. The second-order valence-corrected chi connectivity index (χ2v) is 12.0. The molecule has 5 rings (SSSR count). The zero-order valence-electron chi connectivity index (χ0n) is 21.7. The van der Waals surface area contributed by atoms with E-state index in [-0.39, 0.29) is 43.1 Å². The first-order chi connectivity index (χ1) is 18.9. The Balaban J connectivity index is 1.18. The van der Waals surface area contributed by atoms with Crippen LogP contribution in [0.4, 0.5) is 0 Å². The van der Waals surface area contributed by atoms with E-state index < -0.39 is 28.3 Å². The Morgan fingerprint density at radius 2 is 1.56 bits per heavy atom. The van der Waals surface area contributed by atoms with E-state index in [9.17, 15) is 18.3 Å². The first kappa shape index (κ1) is 27.5. The quantitative estimate of drug-likeness (QED) is 0.468. The molecular weight excluding hydrogens is 516 g/mol. The smallest absolute Gasteiger partial charge is 0.243 e. The number of β-amino-alcohol motifs (C(OH)–C–C–N with tert-alkyl or cyclic N) is 1. The second-order valence-electron chi connectivity index (χ2n) is 10.1. The van der Waals surface area contributed by atoms with Gasteiger partial charge < -0.3 is 19.9 Å². The number of fused-ring (bicyclic) bond motifs is 1. The monoisotopic (exact) mass is 550 g/mol. The van der Waals surface area contributed by atoms with Gasteiger partial charge in [0.25, 0.3) is 0 Å². The number of benzene rings is 3. The van der Waals surface area contributed by atoms with E-state index in [1.165, 1.54) is 4.31 Å². The number of rotatable bonds is 7. The molecule has 8 nitrogen and oxygen atoms in total. The molecule has 3 aromatic carbocycles. The third-order valence-corrected chi connectivity index (χ3v) is 9.15.